The quantitative estimate of drug-likeness (QED) is 0.829. The fourth-order valence-corrected chi connectivity index (χ4v) is 3.17. The molecule has 3 rings (SSSR count). The van der Waals surface area contributed by atoms with E-state index in [-0.39, 0.29) is 17.2 Å². The Labute approximate surface area is 159 Å². The van der Waals surface area contributed by atoms with E-state index >= 15 is 0 Å². The van der Waals surface area contributed by atoms with Crippen LogP contribution in [0.1, 0.15) is 33.8 Å². The lowest BCUT2D eigenvalue weighted by Gasteiger charge is -2.23. The molecule has 0 spiro atoms. The largest absolute Gasteiger partial charge is 0.458 e. The van der Waals surface area contributed by atoms with E-state index in [1.165, 1.54) is 17.0 Å². The SMILES string of the molecule is NC(=O)c1cc(C(=O)N2CCC[C@@H]2C(=O)Nc2cc(Cl)ccc2Cl)co1. The highest BCUT2D eigenvalue weighted by Gasteiger charge is 2.35. The summed E-state index contributed by atoms with van der Waals surface area (Å²) in [7, 11) is 0. The van der Waals surface area contributed by atoms with Gasteiger partial charge in [-0.15, -0.1) is 0 Å². The summed E-state index contributed by atoms with van der Waals surface area (Å²) < 4.78 is 4.97. The number of rotatable bonds is 4. The molecular weight excluding hydrogens is 381 g/mol. The van der Waals surface area contributed by atoms with Crippen LogP contribution >= 0.6 is 23.2 Å². The number of nitrogens with zero attached hydrogens (tertiary/aromatic N) is 1. The molecule has 0 saturated carbocycles. The minimum atomic E-state index is -0.768. The molecule has 1 aliphatic heterocycles. The molecule has 136 valence electrons. The summed E-state index contributed by atoms with van der Waals surface area (Å²) in [4.78, 5) is 37.8. The zero-order chi connectivity index (χ0) is 18.8. The van der Waals surface area contributed by atoms with Gasteiger partial charge in [0.15, 0.2) is 5.76 Å². The van der Waals surface area contributed by atoms with Crippen LogP contribution in [0.4, 0.5) is 5.69 Å². The first-order valence-corrected chi connectivity index (χ1v) is 8.57. The number of carbonyl (C=O) groups is 3. The standard InChI is InChI=1S/C17H15Cl2N3O4/c18-10-3-4-11(19)12(7-10)21-16(24)13-2-1-5-22(13)17(25)9-6-14(15(20)23)26-8-9/h3-4,6-8,13H,1-2,5H2,(H2,20,23)(H,21,24)/t13-/m1/s1. The van der Waals surface area contributed by atoms with Gasteiger partial charge in [0.05, 0.1) is 16.3 Å². The van der Waals surface area contributed by atoms with Gasteiger partial charge in [0.25, 0.3) is 11.8 Å². The molecule has 2 aromatic rings. The Kier molecular flexibility index (Phi) is 5.20. The van der Waals surface area contributed by atoms with E-state index in [1.54, 1.807) is 12.1 Å². The van der Waals surface area contributed by atoms with Crippen molar-refractivity contribution in [1.82, 2.24) is 4.90 Å². The van der Waals surface area contributed by atoms with E-state index in [2.05, 4.69) is 5.32 Å². The topological polar surface area (TPSA) is 106 Å². The third-order valence-electron chi connectivity index (χ3n) is 4.09. The van der Waals surface area contributed by atoms with Crippen molar-refractivity contribution in [2.75, 3.05) is 11.9 Å². The van der Waals surface area contributed by atoms with Gasteiger partial charge in [-0.25, -0.2) is 0 Å². The molecule has 7 nitrogen and oxygen atoms in total. The van der Waals surface area contributed by atoms with Crippen LogP contribution < -0.4 is 11.1 Å². The first-order valence-electron chi connectivity index (χ1n) is 7.82. The lowest BCUT2D eigenvalue weighted by molar-refractivity contribution is -0.119. The lowest BCUT2D eigenvalue weighted by atomic mass is 10.1. The zero-order valence-corrected chi connectivity index (χ0v) is 15.0. The number of nitrogens with two attached hydrogens (primary N) is 1. The number of furan rings is 1. The van der Waals surface area contributed by atoms with Crippen LogP contribution in [0.5, 0.6) is 0 Å². The van der Waals surface area contributed by atoms with Crippen LogP contribution in [0, 0.1) is 0 Å². The van der Waals surface area contributed by atoms with Crippen LogP contribution in [-0.2, 0) is 4.79 Å². The average molecular weight is 396 g/mol. The van der Waals surface area contributed by atoms with Crippen molar-refractivity contribution in [1.29, 1.82) is 0 Å². The number of halogens is 2. The van der Waals surface area contributed by atoms with Gasteiger partial charge >= 0.3 is 0 Å². The first-order chi connectivity index (χ1) is 12.4. The Morgan fingerprint density at radius 2 is 2.00 bits per heavy atom. The number of nitrogens with one attached hydrogen (secondary N) is 1. The van der Waals surface area contributed by atoms with E-state index in [1.807, 2.05) is 0 Å². The Morgan fingerprint density at radius 3 is 2.69 bits per heavy atom. The van der Waals surface area contributed by atoms with Crippen LogP contribution in [0.15, 0.2) is 34.9 Å². The van der Waals surface area contributed by atoms with Gasteiger partial charge in [0.1, 0.15) is 12.3 Å². The van der Waals surface area contributed by atoms with E-state index in [0.717, 1.165) is 6.26 Å². The molecule has 1 aromatic carbocycles. The Balaban J connectivity index is 1.76. The number of primary amides is 1. The minimum absolute atomic E-state index is 0.112. The van der Waals surface area contributed by atoms with Crippen molar-refractivity contribution in [3.63, 3.8) is 0 Å². The number of likely N-dealkylation sites (tertiary alicyclic amines) is 1. The molecule has 1 aromatic heterocycles. The Morgan fingerprint density at radius 1 is 1.23 bits per heavy atom. The highest BCUT2D eigenvalue weighted by molar-refractivity contribution is 6.35. The molecule has 9 heteroatoms. The molecule has 0 radical (unpaired) electrons. The molecule has 3 amide bonds. The van der Waals surface area contributed by atoms with Crippen molar-refractivity contribution < 1.29 is 18.8 Å². The molecule has 26 heavy (non-hydrogen) atoms. The third kappa shape index (κ3) is 3.68. The van der Waals surface area contributed by atoms with Crippen LogP contribution in [0.2, 0.25) is 10.0 Å². The molecule has 1 fully saturated rings. The van der Waals surface area contributed by atoms with Crippen molar-refractivity contribution in [2.45, 2.75) is 18.9 Å². The number of benzene rings is 1. The number of hydrogen-bond acceptors (Lipinski definition) is 4. The van der Waals surface area contributed by atoms with Gasteiger partial charge in [-0.3, -0.25) is 14.4 Å². The normalized spacial score (nSPS) is 16.5. The second kappa shape index (κ2) is 7.39. The number of amides is 3. The Hall–Kier alpha value is -2.51. The van der Waals surface area contributed by atoms with E-state index in [4.69, 9.17) is 33.4 Å². The summed E-state index contributed by atoms with van der Waals surface area (Å²) in [5.74, 6) is -1.65. The van der Waals surface area contributed by atoms with Gasteiger partial charge in [-0.1, -0.05) is 23.2 Å². The number of carbonyl (C=O) groups excluding carboxylic acids is 3. The van der Waals surface area contributed by atoms with Gasteiger partial charge in [0.2, 0.25) is 5.91 Å². The average Bonchev–Trinajstić information content (AvgIpc) is 3.26. The molecule has 0 bridgehead atoms. The monoisotopic (exact) mass is 395 g/mol. The van der Waals surface area contributed by atoms with E-state index in [0.29, 0.717) is 35.1 Å². The van der Waals surface area contributed by atoms with Gasteiger partial charge in [-0.05, 0) is 31.0 Å². The summed E-state index contributed by atoms with van der Waals surface area (Å²) in [6.45, 7) is 0.414. The second-order valence-corrected chi connectivity index (χ2v) is 6.68. The summed E-state index contributed by atoms with van der Waals surface area (Å²) in [6, 6.07) is 5.34. The maximum atomic E-state index is 12.7. The van der Waals surface area contributed by atoms with Gasteiger partial charge < -0.3 is 20.4 Å². The first kappa shape index (κ1) is 18.3. The number of anilines is 1. The maximum Gasteiger partial charge on any atom is 0.284 e. The highest BCUT2D eigenvalue weighted by Crippen LogP contribution is 2.27. The minimum Gasteiger partial charge on any atom is -0.458 e. The smallest absolute Gasteiger partial charge is 0.284 e. The van der Waals surface area contributed by atoms with Crippen molar-refractivity contribution >= 4 is 46.6 Å². The molecule has 0 unspecified atom stereocenters. The summed E-state index contributed by atoms with van der Waals surface area (Å²) in [5.41, 5.74) is 5.67. The maximum absolute atomic E-state index is 12.7. The van der Waals surface area contributed by atoms with Crippen LogP contribution in [-0.4, -0.2) is 35.2 Å². The predicted molar refractivity (Wildman–Crippen MR) is 96.4 cm³/mol. The molecular formula is C17H15Cl2N3O4. The zero-order valence-electron chi connectivity index (χ0n) is 13.5. The lowest BCUT2D eigenvalue weighted by Crippen LogP contribution is -2.43. The van der Waals surface area contributed by atoms with E-state index in [9.17, 15) is 14.4 Å². The van der Waals surface area contributed by atoms with Gasteiger partial charge in [-0.2, -0.15) is 0 Å². The number of hydrogen-bond donors (Lipinski definition) is 2. The molecule has 1 aliphatic rings. The Bertz CT molecular complexity index is 881. The summed E-state index contributed by atoms with van der Waals surface area (Å²) in [6.07, 6.45) is 2.34. The molecule has 2 heterocycles. The third-order valence-corrected chi connectivity index (χ3v) is 4.66. The van der Waals surface area contributed by atoms with Crippen LogP contribution in [0.3, 0.4) is 0 Å². The summed E-state index contributed by atoms with van der Waals surface area (Å²) >= 11 is 12.0. The second-order valence-electron chi connectivity index (χ2n) is 5.83. The van der Waals surface area contributed by atoms with Gasteiger partial charge in [0, 0.05) is 17.6 Å². The van der Waals surface area contributed by atoms with E-state index < -0.39 is 17.9 Å². The molecule has 3 N–H and O–H groups in total. The predicted octanol–water partition coefficient (Wildman–Crippen LogP) is 2.93. The van der Waals surface area contributed by atoms with Crippen molar-refractivity contribution in [3.05, 3.63) is 51.9 Å². The highest BCUT2D eigenvalue weighted by atomic mass is 35.5. The summed E-state index contributed by atoms with van der Waals surface area (Å²) in [5, 5.41) is 3.48. The van der Waals surface area contributed by atoms with Crippen molar-refractivity contribution in [2.24, 2.45) is 5.73 Å². The van der Waals surface area contributed by atoms with Crippen molar-refractivity contribution in [3.8, 4) is 0 Å². The fourth-order valence-electron chi connectivity index (χ4n) is 2.84. The molecule has 0 aliphatic carbocycles. The molecule has 1 atom stereocenters. The molecule has 1 saturated heterocycles. The van der Waals surface area contributed by atoms with Crippen LogP contribution in [0.25, 0.3) is 0 Å². The fraction of sp³-hybridized carbons (Fsp3) is 0.235.